The number of hydrogen-bond donors (Lipinski definition) is 2. The summed E-state index contributed by atoms with van der Waals surface area (Å²) >= 11 is 1.45. The number of aromatic hydroxyl groups is 1. The molecule has 1 aliphatic rings. The van der Waals surface area contributed by atoms with Crippen molar-refractivity contribution in [3.8, 4) is 11.6 Å². The number of ether oxygens (including phenoxy) is 1. The molecule has 0 saturated carbocycles. The summed E-state index contributed by atoms with van der Waals surface area (Å²) in [5.74, 6) is 1.28. The van der Waals surface area contributed by atoms with Crippen LogP contribution in [0.3, 0.4) is 0 Å². The summed E-state index contributed by atoms with van der Waals surface area (Å²) in [5.41, 5.74) is 6.54. The van der Waals surface area contributed by atoms with Crippen LogP contribution in [0.1, 0.15) is 42.1 Å². The molecule has 9 heteroatoms. The fraction of sp³-hybridized carbons (Fsp3) is 0.450. The van der Waals surface area contributed by atoms with Crippen LogP contribution in [0.4, 0.5) is 0 Å². The van der Waals surface area contributed by atoms with Gasteiger partial charge in [-0.25, -0.2) is 4.98 Å². The van der Waals surface area contributed by atoms with Crippen molar-refractivity contribution in [2.75, 3.05) is 20.2 Å². The number of aryl methyl sites for hydroxylation is 1. The first-order valence-electron chi connectivity index (χ1n) is 9.76. The minimum absolute atomic E-state index is 0.0919. The van der Waals surface area contributed by atoms with Crippen molar-refractivity contribution >= 4 is 22.2 Å². The summed E-state index contributed by atoms with van der Waals surface area (Å²) in [6, 6.07) is 7.70. The number of amides is 1. The van der Waals surface area contributed by atoms with Gasteiger partial charge in [0.05, 0.1) is 18.0 Å². The van der Waals surface area contributed by atoms with Crippen LogP contribution in [0.2, 0.25) is 0 Å². The molecule has 3 heterocycles. The van der Waals surface area contributed by atoms with Crippen LogP contribution in [0.5, 0.6) is 11.6 Å². The van der Waals surface area contributed by atoms with Gasteiger partial charge >= 0.3 is 0 Å². The molecule has 0 radical (unpaired) electrons. The standard InChI is InChI=1S/C20H25N5O3S/c1-3-15-22-20-25(23-15)19(27)17(29-20)16(12-4-6-14(28-2)7-5-12)24-10-8-13(9-11-24)18(21)26/h4-7,13,16,27H,3,8-11H2,1-2H3,(H2,21,26). The highest BCUT2D eigenvalue weighted by Crippen LogP contribution is 2.41. The molecule has 0 aliphatic carbocycles. The summed E-state index contributed by atoms with van der Waals surface area (Å²) in [7, 11) is 1.64. The maximum atomic E-state index is 11.6. The predicted molar refractivity (Wildman–Crippen MR) is 110 cm³/mol. The van der Waals surface area contributed by atoms with E-state index >= 15 is 0 Å². The molecule has 4 rings (SSSR count). The number of primary amides is 1. The molecule has 1 atom stereocenters. The van der Waals surface area contributed by atoms with Crippen molar-refractivity contribution < 1.29 is 14.6 Å². The number of likely N-dealkylation sites (tertiary alicyclic amines) is 1. The Morgan fingerprint density at radius 2 is 2.03 bits per heavy atom. The molecule has 1 amide bonds. The van der Waals surface area contributed by atoms with Crippen LogP contribution >= 0.6 is 11.3 Å². The molecule has 1 fully saturated rings. The Kier molecular flexibility index (Phi) is 5.42. The van der Waals surface area contributed by atoms with E-state index in [9.17, 15) is 9.90 Å². The average Bonchev–Trinajstić information content (AvgIpc) is 3.28. The molecule has 2 aromatic heterocycles. The lowest BCUT2D eigenvalue weighted by Gasteiger charge is -2.36. The van der Waals surface area contributed by atoms with Crippen molar-refractivity contribution in [3.63, 3.8) is 0 Å². The zero-order valence-corrected chi connectivity index (χ0v) is 17.4. The summed E-state index contributed by atoms with van der Waals surface area (Å²) in [6.45, 7) is 3.43. The van der Waals surface area contributed by atoms with Crippen molar-refractivity contribution in [3.05, 3.63) is 40.5 Å². The van der Waals surface area contributed by atoms with Gasteiger partial charge in [-0.05, 0) is 43.6 Å². The monoisotopic (exact) mass is 415 g/mol. The van der Waals surface area contributed by atoms with Crippen molar-refractivity contribution in [2.24, 2.45) is 11.7 Å². The number of thiazole rings is 1. The number of nitrogens with two attached hydrogens (primary N) is 1. The number of methoxy groups -OCH3 is 1. The molecule has 1 unspecified atom stereocenters. The third-order valence-corrected chi connectivity index (χ3v) is 6.61. The first-order valence-corrected chi connectivity index (χ1v) is 10.6. The lowest BCUT2D eigenvalue weighted by Crippen LogP contribution is -2.40. The van der Waals surface area contributed by atoms with Crippen LogP contribution in [0, 0.1) is 5.92 Å². The first-order chi connectivity index (χ1) is 14.0. The fourth-order valence-electron chi connectivity index (χ4n) is 3.87. The van der Waals surface area contributed by atoms with E-state index in [-0.39, 0.29) is 23.7 Å². The molecule has 29 heavy (non-hydrogen) atoms. The van der Waals surface area contributed by atoms with Gasteiger partial charge in [-0.15, -0.1) is 5.10 Å². The smallest absolute Gasteiger partial charge is 0.230 e. The van der Waals surface area contributed by atoms with Crippen LogP contribution in [0.15, 0.2) is 24.3 Å². The number of rotatable bonds is 6. The summed E-state index contributed by atoms with van der Waals surface area (Å²) in [5, 5.41) is 15.3. The maximum Gasteiger partial charge on any atom is 0.230 e. The molecular formula is C20H25N5O3S. The quantitative estimate of drug-likeness (QED) is 0.640. The predicted octanol–water partition coefficient (Wildman–Crippen LogP) is 2.35. The second-order valence-corrected chi connectivity index (χ2v) is 8.26. The molecule has 3 N–H and O–H groups in total. The molecule has 1 aromatic carbocycles. The first kappa shape index (κ1) is 19.7. The Morgan fingerprint density at radius 3 is 2.59 bits per heavy atom. The minimum atomic E-state index is -0.237. The van der Waals surface area contributed by atoms with E-state index < -0.39 is 0 Å². The van der Waals surface area contributed by atoms with Gasteiger partial charge in [0.2, 0.25) is 16.7 Å². The van der Waals surface area contributed by atoms with Crippen LogP contribution in [0.25, 0.3) is 4.96 Å². The second kappa shape index (κ2) is 8.00. The number of benzene rings is 1. The summed E-state index contributed by atoms with van der Waals surface area (Å²) < 4.78 is 6.81. The number of fused-ring (bicyclic) bond motifs is 1. The van der Waals surface area contributed by atoms with Gasteiger partial charge in [0.25, 0.3) is 0 Å². The van der Waals surface area contributed by atoms with Gasteiger partial charge in [-0.2, -0.15) is 4.52 Å². The molecule has 8 nitrogen and oxygen atoms in total. The van der Waals surface area contributed by atoms with Crippen molar-refractivity contribution in [1.29, 1.82) is 0 Å². The third kappa shape index (κ3) is 3.67. The maximum absolute atomic E-state index is 11.6. The van der Waals surface area contributed by atoms with E-state index in [0.717, 1.165) is 29.3 Å². The van der Waals surface area contributed by atoms with Crippen LogP contribution in [-0.2, 0) is 11.2 Å². The highest BCUT2D eigenvalue weighted by atomic mass is 32.1. The van der Waals surface area contributed by atoms with Crippen molar-refractivity contribution in [1.82, 2.24) is 19.5 Å². The number of carbonyl (C=O) groups excluding carboxylic acids is 1. The zero-order valence-electron chi connectivity index (χ0n) is 16.5. The van der Waals surface area contributed by atoms with Gasteiger partial charge in [-0.1, -0.05) is 30.4 Å². The van der Waals surface area contributed by atoms with Crippen molar-refractivity contribution in [2.45, 2.75) is 32.2 Å². The van der Waals surface area contributed by atoms with Gasteiger partial charge in [0.15, 0.2) is 5.82 Å². The Morgan fingerprint density at radius 1 is 1.34 bits per heavy atom. The van der Waals surface area contributed by atoms with Gasteiger partial charge in [0.1, 0.15) is 5.75 Å². The summed E-state index contributed by atoms with van der Waals surface area (Å²) in [6.07, 6.45) is 2.14. The third-order valence-electron chi connectivity index (χ3n) is 5.54. The number of hydrogen-bond acceptors (Lipinski definition) is 7. The number of piperidine rings is 1. The number of nitrogens with zero attached hydrogens (tertiary/aromatic N) is 4. The van der Waals surface area contributed by atoms with E-state index in [2.05, 4.69) is 15.0 Å². The van der Waals surface area contributed by atoms with Gasteiger partial charge in [-0.3, -0.25) is 9.69 Å². The Balaban J connectivity index is 1.73. The molecule has 154 valence electrons. The number of carbonyl (C=O) groups is 1. The Labute approximate surface area is 172 Å². The zero-order chi connectivity index (χ0) is 20.5. The Hall–Kier alpha value is -2.65. The minimum Gasteiger partial charge on any atom is -0.497 e. The van der Waals surface area contributed by atoms with E-state index in [1.165, 1.54) is 15.9 Å². The SMILES string of the molecule is CCc1nc2sc(C(c3ccc(OC)cc3)N3CCC(C(N)=O)CC3)c(O)n2n1. The highest BCUT2D eigenvalue weighted by Gasteiger charge is 2.33. The molecule has 1 saturated heterocycles. The summed E-state index contributed by atoms with van der Waals surface area (Å²) in [4.78, 5) is 19.8. The van der Waals surface area contributed by atoms with Crippen LogP contribution in [-0.4, -0.2) is 50.7 Å². The average molecular weight is 416 g/mol. The molecule has 0 spiro atoms. The highest BCUT2D eigenvalue weighted by molar-refractivity contribution is 7.17. The molecule has 3 aromatic rings. The van der Waals surface area contributed by atoms with E-state index in [4.69, 9.17) is 10.5 Å². The number of aromatic nitrogens is 3. The lowest BCUT2D eigenvalue weighted by molar-refractivity contribution is -0.123. The molecule has 1 aliphatic heterocycles. The van der Waals surface area contributed by atoms with E-state index in [1.807, 2.05) is 31.2 Å². The second-order valence-electron chi connectivity index (χ2n) is 7.25. The van der Waals surface area contributed by atoms with Gasteiger partial charge < -0.3 is 15.6 Å². The normalized spacial score (nSPS) is 16.9. The van der Waals surface area contributed by atoms with Crippen LogP contribution < -0.4 is 10.5 Å². The topological polar surface area (TPSA) is 106 Å². The Bertz CT molecular complexity index is 1010. The fourth-order valence-corrected chi connectivity index (χ4v) is 5.01. The largest absolute Gasteiger partial charge is 0.497 e. The van der Waals surface area contributed by atoms with E-state index in [0.29, 0.717) is 30.0 Å². The molecular weight excluding hydrogens is 390 g/mol. The van der Waals surface area contributed by atoms with E-state index in [1.54, 1.807) is 7.11 Å². The molecule has 0 bridgehead atoms. The van der Waals surface area contributed by atoms with Gasteiger partial charge in [0, 0.05) is 12.3 Å². The lowest BCUT2D eigenvalue weighted by atomic mass is 9.93.